The molecule has 0 spiro atoms. The molecule has 2 nitrogen and oxygen atoms in total. The molecule has 2 rings (SSSR count). The summed E-state index contributed by atoms with van der Waals surface area (Å²) in [5, 5.41) is 0. The predicted molar refractivity (Wildman–Crippen MR) is 76.5 cm³/mol. The van der Waals surface area contributed by atoms with E-state index in [4.69, 9.17) is 12.2 Å². The van der Waals surface area contributed by atoms with E-state index in [-0.39, 0.29) is 17.8 Å². The first-order chi connectivity index (χ1) is 8.49. The van der Waals surface area contributed by atoms with Crippen LogP contribution in [0.25, 0.3) is 6.08 Å². The van der Waals surface area contributed by atoms with Gasteiger partial charge in [0.1, 0.15) is 10.1 Å². The Morgan fingerprint density at radius 1 is 1.33 bits per heavy atom. The van der Waals surface area contributed by atoms with Gasteiger partial charge in [0.15, 0.2) is 0 Å². The van der Waals surface area contributed by atoms with Gasteiger partial charge < -0.3 is 0 Å². The Labute approximate surface area is 115 Å². The van der Waals surface area contributed by atoms with Crippen molar-refractivity contribution in [1.82, 2.24) is 4.90 Å². The number of hydrogen-bond acceptors (Lipinski definition) is 3. The summed E-state index contributed by atoms with van der Waals surface area (Å²) in [5.74, 6) is -0.369. The van der Waals surface area contributed by atoms with Crippen LogP contribution in [0, 0.1) is 5.82 Å². The molecule has 18 heavy (non-hydrogen) atoms. The number of benzene rings is 1. The van der Waals surface area contributed by atoms with Crippen molar-refractivity contribution in [2.45, 2.75) is 19.9 Å². The van der Waals surface area contributed by atoms with E-state index < -0.39 is 0 Å². The van der Waals surface area contributed by atoms with Crippen LogP contribution in [0.5, 0.6) is 0 Å². The molecule has 1 aromatic rings. The van der Waals surface area contributed by atoms with Crippen LogP contribution >= 0.6 is 24.0 Å². The summed E-state index contributed by atoms with van der Waals surface area (Å²) >= 11 is 6.46. The van der Waals surface area contributed by atoms with E-state index in [1.165, 1.54) is 23.9 Å². The molecular weight excluding hydrogens is 269 g/mol. The normalized spacial score (nSPS) is 18.2. The Kier molecular flexibility index (Phi) is 3.82. The van der Waals surface area contributed by atoms with Crippen molar-refractivity contribution in [2.24, 2.45) is 0 Å². The summed E-state index contributed by atoms with van der Waals surface area (Å²) < 4.78 is 13.4. The molecule has 1 aliphatic heterocycles. The Morgan fingerprint density at radius 3 is 2.44 bits per heavy atom. The number of carbonyl (C=O) groups excluding carboxylic acids is 1. The highest BCUT2D eigenvalue weighted by Gasteiger charge is 2.33. The molecule has 0 unspecified atom stereocenters. The van der Waals surface area contributed by atoms with Gasteiger partial charge in [-0.25, -0.2) is 4.39 Å². The van der Waals surface area contributed by atoms with Gasteiger partial charge in [-0.3, -0.25) is 9.69 Å². The van der Waals surface area contributed by atoms with Crippen LogP contribution < -0.4 is 0 Å². The van der Waals surface area contributed by atoms with Gasteiger partial charge in [-0.15, -0.1) is 0 Å². The van der Waals surface area contributed by atoms with Crippen LogP contribution in [0.15, 0.2) is 29.2 Å². The molecule has 0 aliphatic carbocycles. The zero-order valence-electron chi connectivity index (χ0n) is 10.0. The van der Waals surface area contributed by atoms with E-state index in [1.807, 2.05) is 13.8 Å². The molecule has 94 valence electrons. The van der Waals surface area contributed by atoms with E-state index in [1.54, 1.807) is 23.1 Å². The van der Waals surface area contributed by atoms with E-state index in [0.29, 0.717) is 9.23 Å². The van der Waals surface area contributed by atoms with Gasteiger partial charge in [0, 0.05) is 6.04 Å². The lowest BCUT2D eigenvalue weighted by Gasteiger charge is -2.18. The lowest BCUT2D eigenvalue weighted by molar-refractivity contribution is -0.123. The molecule has 1 aliphatic rings. The Balaban J connectivity index is 2.28. The van der Waals surface area contributed by atoms with Crippen molar-refractivity contribution >= 4 is 40.3 Å². The molecule has 0 atom stereocenters. The van der Waals surface area contributed by atoms with Crippen LogP contribution in [-0.4, -0.2) is 21.2 Å². The van der Waals surface area contributed by atoms with Gasteiger partial charge in [0.25, 0.3) is 5.91 Å². The third-order valence-corrected chi connectivity index (χ3v) is 3.84. The zero-order chi connectivity index (χ0) is 13.3. The second-order valence-corrected chi connectivity index (χ2v) is 5.87. The monoisotopic (exact) mass is 281 g/mol. The van der Waals surface area contributed by atoms with Gasteiger partial charge in [-0.1, -0.05) is 36.1 Å². The predicted octanol–water partition coefficient (Wildman–Crippen LogP) is 3.44. The number of thioether (sulfide) groups is 1. The molecule has 1 saturated heterocycles. The number of hydrogen-bond donors (Lipinski definition) is 0. The average Bonchev–Trinajstić information content (AvgIpc) is 2.57. The van der Waals surface area contributed by atoms with Crippen molar-refractivity contribution in [3.8, 4) is 0 Å². The Morgan fingerprint density at radius 2 is 1.94 bits per heavy atom. The second-order valence-electron chi connectivity index (χ2n) is 4.20. The largest absolute Gasteiger partial charge is 0.290 e. The van der Waals surface area contributed by atoms with Crippen LogP contribution in [0.3, 0.4) is 0 Å². The minimum Gasteiger partial charge on any atom is -0.290 e. The molecule has 1 aromatic carbocycles. The fourth-order valence-electron chi connectivity index (χ4n) is 1.64. The smallest absolute Gasteiger partial charge is 0.266 e. The molecule has 0 bridgehead atoms. The molecule has 5 heteroatoms. The molecule has 0 saturated carbocycles. The van der Waals surface area contributed by atoms with Gasteiger partial charge in [-0.05, 0) is 37.6 Å². The van der Waals surface area contributed by atoms with Crippen LogP contribution in [0.1, 0.15) is 19.4 Å². The van der Waals surface area contributed by atoms with E-state index >= 15 is 0 Å². The van der Waals surface area contributed by atoms with Crippen LogP contribution in [0.4, 0.5) is 4.39 Å². The summed E-state index contributed by atoms with van der Waals surface area (Å²) in [7, 11) is 0. The highest BCUT2D eigenvalue weighted by Crippen LogP contribution is 2.33. The number of nitrogens with zero attached hydrogens (tertiary/aromatic N) is 1. The first-order valence-corrected chi connectivity index (χ1v) is 6.74. The third kappa shape index (κ3) is 2.62. The third-order valence-electron chi connectivity index (χ3n) is 2.51. The molecule has 1 amide bonds. The van der Waals surface area contributed by atoms with Gasteiger partial charge >= 0.3 is 0 Å². The van der Waals surface area contributed by atoms with Gasteiger partial charge in [0.2, 0.25) is 0 Å². The lowest BCUT2D eigenvalue weighted by atomic mass is 10.2. The minimum atomic E-state index is -0.290. The molecular formula is C13H12FNOS2. The second kappa shape index (κ2) is 5.20. The fraction of sp³-hybridized carbons (Fsp3) is 0.231. The number of halogens is 1. The molecule has 1 heterocycles. The van der Waals surface area contributed by atoms with Crippen molar-refractivity contribution in [1.29, 1.82) is 0 Å². The molecule has 0 aromatic heterocycles. The molecule has 0 N–H and O–H groups in total. The van der Waals surface area contributed by atoms with Crippen molar-refractivity contribution < 1.29 is 9.18 Å². The maximum atomic E-state index is 12.8. The summed E-state index contributed by atoms with van der Waals surface area (Å²) in [4.78, 5) is 14.3. The Bertz CT molecular complexity index is 522. The zero-order valence-corrected chi connectivity index (χ0v) is 11.6. The number of thiocarbonyl (C=S) groups is 1. The standard InChI is InChI=1S/C13H12FNOS2/c1-8(2)15-12(16)11(18-13(15)17)7-9-3-5-10(14)6-4-9/h3-8H,1-2H3/b11-7-. The van der Waals surface area contributed by atoms with E-state index in [9.17, 15) is 9.18 Å². The fourth-order valence-corrected chi connectivity index (χ4v) is 3.16. The first-order valence-electron chi connectivity index (χ1n) is 5.51. The summed E-state index contributed by atoms with van der Waals surface area (Å²) in [6.07, 6.45) is 1.74. The van der Waals surface area contributed by atoms with Crippen LogP contribution in [-0.2, 0) is 4.79 Å². The number of amides is 1. The Hall–Kier alpha value is -1.20. The van der Waals surface area contributed by atoms with E-state index in [2.05, 4.69) is 0 Å². The minimum absolute atomic E-state index is 0.0524. The maximum Gasteiger partial charge on any atom is 0.266 e. The highest BCUT2D eigenvalue weighted by molar-refractivity contribution is 8.26. The number of carbonyl (C=O) groups is 1. The maximum absolute atomic E-state index is 12.8. The van der Waals surface area contributed by atoms with Crippen molar-refractivity contribution in [3.63, 3.8) is 0 Å². The van der Waals surface area contributed by atoms with Gasteiger partial charge in [-0.2, -0.15) is 0 Å². The highest BCUT2D eigenvalue weighted by atomic mass is 32.2. The summed E-state index contributed by atoms with van der Waals surface area (Å²) in [6.45, 7) is 3.84. The van der Waals surface area contributed by atoms with Gasteiger partial charge in [0.05, 0.1) is 4.91 Å². The van der Waals surface area contributed by atoms with Crippen molar-refractivity contribution in [3.05, 3.63) is 40.6 Å². The molecule has 1 fully saturated rings. The van der Waals surface area contributed by atoms with E-state index in [0.717, 1.165) is 5.56 Å². The summed E-state index contributed by atoms with van der Waals surface area (Å²) in [5.41, 5.74) is 0.792. The topological polar surface area (TPSA) is 20.3 Å². The molecule has 0 radical (unpaired) electrons. The average molecular weight is 281 g/mol. The number of rotatable bonds is 2. The lowest BCUT2D eigenvalue weighted by Crippen LogP contribution is -2.34. The summed E-state index contributed by atoms with van der Waals surface area (Å²) in [6, 6.07) is 6.06. The van der Waals surface area contributed by atoms with Crippen LogP contribution in [0.2, 0.25) is 0 Å². The quantitative estimate of drug-likeness (QED) is 0.612. The SMILES string of the molecule is CC(C)N1C(=O)/C(=C/c2ccc(F)cc2)SC1=S. The van der Waals surface area contributed by atoms with Crippen molar-refractivity contribution in [2.75, 3.05) is 0 Å². The first kappa shape index (κ1) is 13.2.